The molecule has 142 valence electrons. The van der Waals surface area contributed by atoms with Crippen LogP contribution in [0.1, 0.15) is 38.5 Å². The highest BCUT2D eigenvalue weighted by molar-refractivity contribution is 5.97. The topological polar surface area (TPSA) is 111 Å². The number of tetrazole rings is 1. The van der Waals surface area contributed by atoms with E-state index in [9.17, 15) is 9.59 Å². The first-order valence-corrected chi connectivity index (χ1v) is 9.19. The summed E-state index contributed by atoms with van der Waals surface area (Å²) < 4.78 is 7.13. The van der Waals surface area contributed by atoms with Crippen molar-refractivity contribution >= 4 is 23.2 Å². The van der Waals surface area contributed by atoms with Crippen molar-refractivity contribution in [1.82, 2.24) is 20.2 Å². The van der Waals surface area contributed by atoms with Gasteiger partial charge in [-0.3, -0.25) is 9.59 Å². The molecule has 1 saturated carbocycles. The van der Waals surface area contributed by atoms with Gasteiger partial charge in [-0.15, -0.1) is 5.10 Å². The fourth-order valence-electron chi connectivity index (χ4n) is 3.99. The van der Waals surface area contributed by atoms with E-state index < -0.39 is 0 Å². The fraction of sp³-hybridized carbons (Fsp3) is 0.500. The molecule has 2 amide bonds. The maximum Gasteiger partial charge on any atom is 0.262 e. The molecule has 0 bridgehead atoms. The minimum atomic E-state index is -0.180. The summed E-state index contributed by atoms with van der Waals surface area (Å²) in [4.78, 5) is 24.1. The third kappa shape index (κ3) is 4.07. The molecule has 2 heterocycles. The van der Waals surface area contributed by atoms with Crippen LogP contribution in [0.15, 0.2) is 24.5 Å². The van der Waals surface area contributed by atoms with Gasteiger partial charge in [0.2, 0.25) is 5.91 Å². The van der Waals surface area contributed by atoms with Crippen LogP contribution in [0.25, 0.3) is 0 Å². The number of nitrogens with one attached hydrogen (secondary N) is 2. The largest absolute Gasteiger partial charge is 0.482 e. The average molecular weight is 370 g/mol. The second kappa shape index (κ2) is 7.34. The molecule has 2 N–H and O–H groups in total. The summed E-state index contributed by atoms with van der Waals surface area (Å²) in [5, 5.41) is 17.1. The van der Waals surface area contributed by atoms with E-state index in [0.29, 0.717) is 30.1 Å². The zero-order valence-corrected chi connectivity index (χ0v) is 15.0. The number of carbonyl (C=O) groups excluding carboxylic acids is 2. The van der Waals surface area contributed by atoms with Gasteiger partial charge in [0.1, 0.15) is 12.1 Å². The van der Waals surface area contributed by atoms with E-state index in [4.69, 9.17) is 4.74 Å². The van der Waals surface area contributed by atoms with E-state index in [1.165, 1.54) is 6.42 Å². The standard InChI is InChI=1S/C18H22N6O3/c25-16(20-13-4-5-14-15(8-13)27-10-17(26)21-14)9-18(6-2-1-3-7-18)11-24-12-19-22-23-24/h4-5,8,12H,1-3,6-7,9-11H2,(H,20,25)(H,21,26). The van der Waals surface area contributed by atoms with Crippen LogP contribution in [0.2, 0.25) is 0 Å². The second-order valence-electron chi connectivity index (χ2n) is 7.34. The lowest BCUT2D eigenvalue weighted by molar-refractivity contribution is -0.120. The summed E-state index contributed by atoms with van der Waals surface area (Å²) in [5.74, 6) is 0.347. The summed E-state index contributed by atoms with van der Waals surface area (Å²) in [5.41, 5.74) is 1.14. The van der Waals surface area contributed by atoms with E-state index >= 15 is 0 Å². The van der Waals surface area contributed by atoms with E-state index in [2.05, 4.69) is 26.2 Å². The lowest BCUT2D eigenvalue weighted by atomic mass is 9.71. The molecule has 0 saturated heterocycles. The number of hydrogen-bond donors (Lipinski definition) is 2. The van der Waals surface area contributed by atoms with E-state index in [1.807, 2.05) is 0 Å². The van der Waals surface area contributed by atoms with Crippen molar-refractivity contribution in [2.45, 2.75) is 45.1 Å². The maximum atomic E-state index is 12.8. The van der Waals surface area contributed by atoms with Crippen LogP contribution in [0.4, 0.5) is 11.4 Å². The first kappa shape index (κ1) is 17.4. The number of fused-ring (bicyclic) bond motifs is 1. The summed E-state index contributed by atoms with van der Waals surface area (Å²) in [7, 11) is 0. The van der Waals surface area contributed by atoms with Gasteiger partial charge >= 0.3 is 0 Å². The Morgan fingerprint density at radius 1 is 1.30 bits per heavy atom. The minimum Gasteiger partial charge on any atom is -0.482 e. The lowest BCUT2D eigenvalue weighted by Crippen LogP contribution is -2.34. The molecule has 2 aromatic rings. The number of benzene rings is 1. The molecule has 9 heteroatoms. The van der Waals surface area contributed by atoms with Gasteiger partial charge in [0.15, 0.2) is 6.61 Å². The van der Waals surface area contributed by atoms with Crippen molar-refractivity contribution in [2.75, 3.05) is 17.2 Å². The van der Waals surface area contributed by atoms with Crippen LogP contribution in [0.5, 0.6) is 5.75 Å². The highest BCUT2D eigenvalue weighted by atomic mass is 16.5. The number of rotatable bonds is 5. The minimum absolute atomic E-state index is 0.0144. The van der Waals surface area contributed by atoms with Crippen molar-refractivity contribution in [3.8, 4) is 5.75 Å². The number of hydrogen-bond acceptors (Lipinski definition) is 6. The SMILES string of the molecule is O=C(CC1(Cn2cnnn2)CCCCC1)Nc1ccc2c(c1)OCC(=O)N2. The average Bonchev–Trinajstić information content (AvgIpc) is 3.15. The van der Waals surface area contributed by atoms with Crippen LogP contribution in [-0.2, 0) is 16.1 Å². The van der Waals surface area contributed by atoms with Gasteiger partial charge in [-0.05, 0) is 40.8 Å². The third-order valence-electron chi connectivity index (χ3n) is 5.24. The Kier molecular flexibility index (Phi) is 4.74. The Hall–Kier alpha value is -2.97. The van der Waals surface area contributed by atoms with Gasteiger partial charge in [-0.1, -0.05) is 19.3 Å². The number of aromatic nitrogens is 4. The van der Waals surface area contributed by atoms with Gasteiger partial charge < -0.3 is 15.4 Å². The number of anilines is 2. The van der Waals surface area contributed by atoms with Crippen LogP contribution in [0, 0.1) is 5.41 Å². The van der Waals surface area contributed by atoms with Crippen molar-refractivity contribution in [2.24, 2.45) is 5.41 Å². The molecule has 4 rings (SSSR count). The second-order valence-corrected chi connectivity index (χ2v) is 7.34. The Morgan fingerprint density at radius 2 is 2.15 bits per heavy atom. The molecule has 1 aliphatic carbocycles. The first-order valence-electron chi connectivity index (χ1n) is 9.19. The van der Waals surface area contributed by atoms with Crippen molar-refractivity contribution in [3.05, 3.63) is 24.5 Å². The molecule has 9 nitrogen and oxygen atoms in total. The number of nitrogens with zero attached hydrogens (tertiary/aromatic N) is 4. The van der Waals surface area contributed by atoms with Gasteiger partial charge in [0.05, 0.1) is 12.2 Å². The summed E-state index contributed by atoms with van der Waals surface area (Å²) in [6.07, 6.45) is 7.42. The monoisotopic (exact) mass is 370 g/mol. The number of amides is 2. The van der Waals surface area contributed by atoms with Gasteiger partial charge in [-0.25, -0.2) is 4.68 Å². The quantitative estimate of drug-likeness (QED) is 0.832. The summed E-state index contributed by atoms with van der Waals surface area (Å²) in [6.45, 7) is 0.631. The van der Waals surface area contributed by atoms with E-state index in [-0.39, 0.29) is 23.8 Å². The van der Waals surface area contributed by atoms with Crippen molar-refractivity contribution in [3.63, 3.8) is 0 Å². The molecule has 1 aromatic heterocycles. The molecular formula is C18H22N6O3. The highest BCUT2D eigenvalue weighted by Gasteiger charge is 2.35. The Bertz CT molecular complexity index is 830. The Labute approximate surface area is 156 Å². The molecule has 2 aliphatic rings. The molecule has 27 heavy (non-hydrogen) atoms. The lowest BCUT2D eigenvalue weighted by Gasteiger charge is -2.36. The zero-order valence-electron chi connectivity index (χ0n) is 15.0. The van der Waals surface area contributed by atoms with E-state index in [1.54, 1.807) is 29.2 Å². The number of ether oxygens (including phenoxy) is 1. The zero-order chi connectivity index (χ0) is 18.7. The Balaban J connectivity index is 1.44. The van der Waals surface area contributed by atoms with E-state index in [0.717, 1.165) is 25.7 Å². The van der Waals surface area contributed by atoms with Crippen molar-refractivity contribution < 1.29 is 14.3 Å². The predicted molar refractivity (Wildman–Crippen MR) is 97.1 cm³/mol. The van der Waals surface area contributed by atoms with Crippen LogP contribution >= 0.6 is 0 Å². The third-order valence-corrected chi connectivity index (χ3v) is 5.24. The molecule has 1 aromatic carbocycles. The van der Waals surface area contributed by atoms with Crippen LogP contribution in [0.3, 0.4) is 0 Å². The molecular weight excluding hydrogens is 348 g/mol. The maximum absolute atomic E-state index is 12.8. The Morgan fingerprint density at radius 3 is 2.93 bits per heavy atom. The fourth-order valence-corrected chi connectivity index (χ4v) is 3.99. The summed E-state index contributed by atoms with van der Waals surface area (Å²) >= 11 is 0. The predicted octanol–water partition coefficient (Wildman–Crippen LogP) is 1.98. The molecule has 0 spiro atoms. The molecule has 1 fully saturated rings. The normalized spacial score (nSPS) is 18.1. The molecule has 0 atom stereocenters. The smallest absolute Gasteiger partial charge is 0.262 e. The van der Waals surface area contributed by atoms with Gasteiger partial charge in [0.25, 0.3) is 5.91 Å². The van der Waals surface area contributed by atoms with Crippen LogP contribution in [-0.4, -0.2) is 38.6 Å². The van der Waals surface area contributed by atoms with Gasteiger partial charge in [-0.2, -0.15) is 0 Å². The highest BCUT2D eigenvalue weighted by Crippen LogP contribution is 2.41. The number of carbonyl (C=O) groups is 2. The molecule has 0 unspecified atom stereocenters. The molecule has 0 radical (unpaired) electrons. The summed E-state index contributed by atoms with van der Waals surface area (Å²) in [6, 6.07) is 5.24. The first-order chi connectivity index (χ1) is 13.1. The molecule has 1 aliphatic heterocycles. The van der Waals surface area contributed by atoms with Crippen molar-refractivity contribution in [1.29, 1.82) is 0 Å². The van der Waals surface area contributed by atoms with Crippen LogP contribution < -0.4 is 15.4 Å². The van der Waals surface area contributed by atoms with Gasteiger partial charge in [0, 0.05) is 18.2 Å².